The number of nitrogens with zero attached hydrogens (tertiary/aromatic N) is 1. The van der Waals surface area contributed by atoms with Crippen molar-refractivity contribution in [2.24, 2.45) is 0 Å². The van der Waals surface area contributed by atoms with Crippen molar-refractivity contribution in [3.8, 4) is 5.75 Å². The molecule has 0 atom stereocenters. The molecule has 0 aromatic heterocycles. The SMILES string of the molecule is COc1ccc(CNC2(C(=O)O)CCN(Cc3ccccc3)CC2)cc1. The first-order valence-electron chi connectivity index (χ1n) is 8.99. The number of piperidine rings is 1. The molecule has 1 heterocycles. The van der Waals surface area contributed by atoms with Crippen molar-refractivity contribution < 1.29 is 14.6 Å². The van der Waals surface area contributed by atoms with E-state index >= 15 is 0 Å². The lowest BCUT2D eigenvalue weighted by Gasteiger charge is -2.39. The van der Waals surface area contributed by atoms with Gasteiger partial charge in [-0.05, 0) is 36.1 Å². The molecular weight excluding hydrogens is 328 g/mol. The molecule has 2 N–H and O–H groups in total. The van der Waals surface area contributed by atoms with Crippen LogP contribution < -0.4 is 10.1 Å². The molecule has 1 aliphatic heterocycles. The summed E-state index contributed by atoms with van der Waals surface area (Å²) in [5.41, 5.74) is 1.47. The van der Waals surface area contributed by atoms with Crippen LogP contribution in [0.3, 0.4) is 0 Å². The number of likely N-dealkylation sites (tertiary alicyclic amines) is 1. The van der Waals surface area contributed by atoms with Crippen LogP contribution in [-0.4, -0.2) is 41.7 Å². The number of benzene rings is 2. The zero-order chi connectivity index (χ0) is 18.4. The zero-order valence-corrected chi connectivity index (χ0v) is 15.1. The van der Waals surface area contributed by atoms with Gasteiger partial charge in [-0.3, -0.25) is 15.0 Å². The van der Waals surface area contributed by atoms with E-state index in [4.69, 9.17) is 4.74 Å². The number of ether oxygens (including phenoxy) is 1. The number of hydrogen-bond acceptors (Lipinski definition) is 4. The minimum atomic E-state index is -0.854. The van der Waals surface area contributed by atoms with E-state index in [1.807, 2.05) is 42.5 Å². The maximum Gasteiger partial charge on any atom is 0.324 e. The Morgan fingerprint density at radius 3 is 2.31 bits per heavy atom. The first kappa shape index (κ1) is 18.4. The summed E-state index contributed by atoms with van der Waals surface area (Å²) in [6.07, 6.45) is 1.21. The van der Waals surface area contributed by atoms with Crippen LogP contribution in [0.5, 0.6) is 5.75 Å². The van der Waals surface area contributed by atoms with Gasteiger partial charge in [-0.25, -0.2) is 0 Å². The lowest BCUT2D eigenvalue weighted by molar-refractivity contribution is -0.147. The quantitative estimate of drug-likeness (QED) is 0.801. The van der Waals surface area contributed by atoms with Gasteiger partial charge in [0.1, 0.15) is 11.3 Å². The molecule has 2 aromatic rings. The number of carboxylic acids is 1. The third kappa shape index (κ3) is 4.42. The number of carboxylic acid groups (broad SMARTS) is 1. The molecule has 0 radical (unpaired) electrons. The molecule has 0 spiro atoms. The van der Waals surface area contributed by atoms with Crippen LogP contribution in [0.15, 0.2) is 54.6 Å². The Balaban J connectivity index is 1.58. The van der Waals surface area contributed by atoms with Gasteiger partial charge in [-0.1, -0.05) is 42.5 Å². The third-order valence-corrected chi connectivity index (χ3v) is 5.16. The smallest absolute Gasteiger partial charge is 0.324 e. The van der Waals surface area contributed by atoms with E-state index in [9.17, 15) is 9.90 Å². The van der Waals surface area contributed by atoms with Crippen LogP contribution in [-0.2, 0) is 17.9 Å². The van der Waals surface area contributed by atoms with Gasteiger partial charge in [0, 0.05) is 26.2 Å². The minimum Gasteiger partial charge on any atom is -0.497 e. The maximum atomic E-state index is 12.0. The van der Waals surface area contributed by atoms with Crippen molar-refractivity contribution in [2.45, 2.75) is 31.5 Å². The Kier molecular flexibility index (Phi) is 5.91. The highest BCUT2D eigenvalue weighted by molar-refractivity contribution is 5.79. The molecule has 0 bridgehead atoms. The summed E-state index contributed by atoms with van der Waals surface area (Å²) >= 11 is 0. The van der Waals surface area contributed by atoms with Crippen molar-refractivity contribution in [2.75, 3.05) is 20.2 Å². The molecular formula is C21H26N2O3. The second-order valence-corrected chi connectivity index (χ2v) is 6.85. The number of nitrogens with one attached hydrogen (secondary N) is 1. The molecule has 26 heavy (non-hydrogen) atoms. The molecule has 1 saturated heterocycles. The highest BCUT2D eigenvalue weighted by Crippen LogP contribution is 2.25. The molecule has 0 amide bonds. The van der Waals surface area contributed by atoms with Crippen LogP contribution in [0.1, 0.15) is 24.0 Å². The Hall–Kier alpha value is -2.37. The standard InChI is InChI=1S/C21H26N2O3/c1-26-19-9-7-17(8-10-19)15-22-21(20(24)25)11-13-23(14-12-21)16-18-5-3-2-4-6-18/h2-10,22H,11-16H2,1H3,(H,24,25). The van der Waals surface area contributed by atoms with Crippen LogP contribution in [0, 0.1) is 0 Å². The number of carbonyl (C=O) groups is 1. The van der Waals surface area contributed by atoms with E-state index in [1.54, 1.807) is 7.11 Å². The molecule has 3 rings (SSSR count). The zero-order valence-electron chi connectivity index (χ0n) is 15.1. The summed E-state index contributed by atoms with van der Waals surface area (Å²) in [5.74, 6) is 0.0429. The topological polar surface area (TPSA) is 61.8 Å². The number of aliphatic carboxylic acids is 1. The molecule has 0 saturated carbocycles. The van der Waals surface area contributed by atoms with E-state index in [1.165, 1.54) is 5.56 Å². The highest BCUT2D eigenvalue weighted by Gasteiger charge is 2.41. The van der Waals surface area contributed by atoms with Crippen LogP contribution in [0.2, 0.25) is 0 Å². The molecule has 1 fully saturated rings. The average Bonchev–Trinajstić information content (AvgIpc) is 2.68. The molecule has 2 aromatic carbocycles. The molecule has 5 heteroatoms. The normalized spacial score (nSPS) is 17.0. The van der Waals surface area contributed by atoms with Gasteiger partial charge in [0.05, 0.1) is 7.11 Å². The number of hydrogen-bond donors (Lipinski definition) is 2. The predicted molar refractivity (Wildman–Crippen MR) is 101 cm³/mol. The average molecular weight is 354 g/mol. The third-order valence-electron chi connectivity index (χ3n) is 5.16. The van der Waals surface area contributed by atoms with Crippen molar-refractivity contribution in [3.05, 3.63) is 65.7 Å². The van der Waals surface area contributed by atoms with Crippen molar-refractivity contribution in [3.63, 3.8) is 0 Å². The fourth-order valence-electron chi connectivity index (χ4n) is 3.42. The van der Waals surface area contributed by atoms with E-state index < -0.39 is 11.5 Å². The molecule has 0 unspecified atom stereocenters. The maximum absolute atomic E-state index is 12.0. The second kappa shape index (κ2) is 8.34. The van der Waals surface area contributed by atoms with E-state index in [0.29, 0.717) is 19.4 Å². The summed E-state index contributed by atoms with van der Waals surface area (Å²) in [5, 5.41) is 13.1. The van der Waals surface area contributed by atoms with Gasteiger partial charge in [-0.2, -0.15) is 0 Å². The number of rotatable bonds is 7. The largest absolute Gasteiger partial charge is 0.497 e. The van der Waals surface area contributed by atoms with Gasteiger partial charge >= 0.3 is 5.97 Å². The second-order valence-electron chi connectivity index (χ2n) is 6.85. The predicted octanol–water partition coefficient (Wildman–Crippen LogP) is 2.90. The van der Waals surface area contributed by atoms with Gasteiger partial charge in [-0.15, -0.1) is 0 Å². The van der Waals surface area contributed by atoms with Crippen molar-refractivity contribution in [1.29, 1.82) is 0 Å². The Morgan fingerprint density at radius 2 is 1.73 bits per heavy atom. The molecule has 5 nitrogen and oxygen atoms in total. The van der Waals surface area contributed by atoms with Crippen LogP contribution in [0.4, 0.5) is 0 Å². The van der Waals surface area contributed by atoms with Crippen molar-refractivity contribution >= 4 is 5.97 Å². The lowest BCUT2D eigenvalue weighted by Crippen LogP contribution is -2.57. The highest BCUT2D eigenvalue weighted by atomic mass is 16.5. The Labute approximate surface area is 154 Å². The van der Waals surface area contributed by atoms with Crippen molar-refractivity contribution in [1.82, 2.24) is 10.2 Å². The van der Waals surface area contributed by atoms with E-state index in [0.717, 1.165) is 30.9 Å². The van der Waals surface area contributed by atoms with E-state index in [2.05, 4.69) is 22.3 Å². The fourth-order valence-corrected chi connectivity index (χ4v) is 3.42. The van der Waals surface area contributed by atoms with Gasteiger partial charge < -0.3 is 9.84 Å². The monoisotopic (exact) mass is 354 g/mol. The summed E-state index contributed by atoms with van der Waals surface area (Å²) < 4.78 is 5.16. The van der Waals surface area contributed by atoms with Gasteiger partial charge in [0.2, 0.25) is 0 Å². The van der Waals surface area contributed by atoms with Gasteiger partial charge in [0.15, 0.2) is 0 Å². The summed E-state index contributed by atoms with van der Waals surface area (Å²) in [4.78, 5) is 14.3. The molecule has 1 aliphatic rings. The summed E-state index contributed by atoms with van der Waals surface area (Å²) in [6, 6.07) is 18.0. The Bertz CT molecular complexity index is 708. The Morgan fingerprint density at radius 1 is 1.08 bits per heavy atom. The van der Waals surface area contributed by atoms with Gasteiger partial charge in [0.25, 0.3) is 0 Å². The summed E-state index contributed by atoms with van der Waals surface area (Å²) in [7, 11) is 1.63. The first-order chi connectivity index (χ1) is 12.6. The molecule has 0 aliphatic carbocycles. The minimum absolute atomic E-state index is 0.537. The van der Waals surface area contributed by atoms with Crippen LogP contribution in [0.25, 0.3) is 0 Å². The van der Waals surface area contributed by atoms with E-state index in [-0.39, 0.29) is 0 Å². The first-order valence-corrected chi connectivity index (χ1v) is 8.99. The molecule has 138 valence electrons. The fraction of sp³-hybridized carbons (Fsp3) is 0.381. The summed E-state index contributed by atoms with van der Waals surface area (Å²) in [6.45, 7) is 2.96. The van der Waals surface area contributed by atoms with Crippen LogP contribution >= 0.6 is 0 Å². The lowest BCUT2D eigenvalue weighted by atomic mass is 9.87. The number of methoxy groups -OCH3 is 1.